The van der Waals surface area contributed by atoms with E-state index in [0.29, 0.717) is 11.4 Å². The Labute approximate surface area is 191 Å². The van der Waals surface area contributed by atoms with E-state index in [2.05, 4.69) is 21.2 Å². The zero-order valence-electron chi connectivity index (χ0n) is 17.2. The summed E-state index contributed by atoms with van der Waals surface area (Å²) < 4.78 is 33.9. The Balaban J connectivity index is 1.88. The fraction of sp³-hybridized carbons (Fsp3) is 0.174. The Hall–Kier alpha value is -2.84. The fourth-order valence-corrected chi connectivity index (χ4v) is 4.87. The molecule has 8 heteroatoms. The van der Waals surface area contributed by atoms with Crippen molar-refractivity contribution in [2.24, 2.45) is 0 Å². The molecule has 0 fully saturated rings. The van der Waals surface area contributed by atoms with Gasteiger partial charge in [-0.3, -0.25) is 9.10 Å². The van der Waals surface area contributed by atoms with Crippen molar-refractivity contribution in [3.05, 3.63) is 88.9 Å². The number of halogens is 1. The molecule has 0 spiro atoms. The summed E-state index contributed by atoms with van der Waals surface area (Å²) in [5.41, 5.74) is 1.20. The number of carbonyl (C=O) groups excluding carboxylic acids is 1. The number of anilines is 1. The topological polar surface area (TPSA) is 75.7 Å². The number of carbonyl (C=O) groups is 1. The molecule has 3 rings (SSSR count). The van der Waals surface area contributed by atoms with E-state index in [-0.39, 0.29) is 17.5 Å². The van der Waals surface area contributed by atoms with Gasteiger partial charge in [0.15, 0.2) is 0 Å². The van der Waals surface area contributed by atoms with Gasteiger partial charge in [-0.2, -0.15) is 0 Å². The molecule has 0 aliphatic rings. The molecule has 162 valence electrons. The highest BCUT2D eigenvalue weighted by Gasteiger charge is 2.27. The highest BCUT2D eigenvalue weighted by Crippen LogP contribution is 2.27. The molecule has 3 aromatic carbocycles. The number of para-hydroxylation sites is 1. The highest BCUT2D eigenvalue weighted by molar-refractivity contribution is 9.10. The summed E-state index contributed by atoms with van der Waals surface area (Å²) in [6, 6.07) is 21.8. The number of hydrogen-bond acceptors (Lipinski definition) is 4. The first kappa shape index (κ1) is 22.8. The number of ether oxygens (including phenoxy) is 1. The molecule has 0 heterocycles. The molecule has 0 unspecified atom stereocenters. The maximum absolute atomic E-state index is 13.3. The number of rotatable bonds is 8. The zero-order chi connectivity index (χ0) is 22.4. The van der Waals surface area contributed by atoms with E-state index in [1.165, 1.54) is 12.1 Å². The van der Waals surface area contributed by atoms with Crippen LogP contribution >= 0.6 is 15.9 Å². The zero-order valence-corrected chi connectivity index (χ0v) is 19.6. The Kier molecular flexibility index (Phi) is 7.35. The summed E-state index contributed by atoms with van der Waals surface area (Å²) in [5, 5.41) is 2.87. The maximum atomic E-state index is 13.3. The molecule has 0 aromatic heterocycles. The van der Waals surface area contributed by atoms with Crippen LogP contribution in [0.5, 0.6) is 5.75 Å². The standard InChI is InChI=1S/C23H23BrN2O4S/c1-17(21-10-6-7-11-22(21)30-2)25-23(27)16-26(19-14-12-18(24)13-15-19)31(28,29)20-8-4-3-5-9-20/h3-15,17H,16H2,1-2H3,(H,25,27)/t17-/m0/s1. The lowest BCUT2D eigenvalue weighted by Crippen LogP contribution is -2.41. The van der Waals surface area contributed by atoms with E-state index in [4.69, 9.17) is 4.74 Å². The van der Waals surface area contributed by atoms with Crippen molar-refractivity contribution in [1.82, 2.24) is 5.32 Å². The maximum Gasteiger partial charge on any atom is 0.264 e. The third-order valence-corrected chi connectivity index (χ3v) is 7.03. The first-order valence-electron chi connectivity index (χ1n) is 9.58. The van der Waals surface area contributed by atoms with Crippen molar-refractivity contribution in [3.63, 3.8) is 0 Å². The lowest BCUT2D eigenvalue weighted by molar-refractivity contribution is -0.120. The van der Waals surface area contributed by atoms with Gasteiger partial charge in [0, 0.05) is 10.0 Å². The van der Waals surface area contributed by atoms with E-state index in [9.17, 15) is 13.2 Å². The molecule has 0 bridgehead atoms. The molecule has 0 aliphatic carbocycles. The van der Waals surface area contributed by atoms with Gasteiger partial charge in [-0.1, -0.05) is 52.3 Å². The number of nitrogens with one attached hydrogen (secondary N) is 1. The van der Waals surface area contributed by atoms with Crippen molar-refractivity contribution < 1.29 is 17.9 Å². The second kappa shape index (κ2) is 9.98. The Morgan fingerprint density at radius 3 is 2.26 bits per heavy atom. The van der Waals surface area contributed by atoms with Crippen LogP contribution in [-0.4, -0.2) is 28.0 Å². The third-order valence-electron chi connectivity index (χ3n) is 4.72. The molecule has 0 radical (unpaired) electrons. The number of amides is 1. The molecule has 0 saturated heterocycles. The van der Waals surface area contributed by atoms with Crippen LogP contribution in [0.1, 0.15) is 18.5 Å². The number of sulfonamides is 1. The molecule has 31 heavy (non-hydrogen) atoms. The van der Waals surface area contributed by atoms with Crippen LogP contribution in [0.3, 0.4) is 0 Å². The number of nitrogens with zero attached hydrogens (tertiary/aromatic N) is 1. The van der Waals surface area contributed by atoms with Gasteiger partial charge >= 0.3 is 0 Å². The lowest BCUT2D eigenvalue weighted by Gasteiger charge is -2.25. The van der Waals surface area contributed by atoms with E-state index in [1.54, 1.807) is 49.6 Å². The van der Waals surface area contributed by atoms with Gasteiger partial charge in [-0.05, 0) is 49.4 Å². The smallest absolute Gasteiger partial charge is 0.264 e. The second-order valence-corrected chi connectivity index (χ2v) is 9.61. The van der Waals surface area contributed by atoms with E-state index in [1.807, 2.05) is 31.2 Å². The molecule has 1 amide bonds. The second-order valence-electron chi connectivity index (χ2n) is 6.83. The van der Waals surface area contributed by atoms with Gasteiger partial charge in [0.2, 0.25) is 5.91 Å². The Morgan fingerprint density at radius 2 is 1.61 bits per heavy atom. The first-order chi connectivity index (χ1) is 14.8. The quantitative estimate of drug-likeness (QED) is 0.490. The van der Waals surface area contributed by atoms with Crippen molar-refractivity contribution in [2.75, 3.05) is 18.0 Å². The first-order valence-corrected chi connectivity index (χ1v) is 11.8. The largest absolute Gasteiger partial charge is 0.496 e. The van der Waals surface area contributed by atoms with Crippen LogP contribution in [0, 0.1) is 0 Å². The van der Waals surface area contributed by atoms with Crippen molar-refractivity contribution >= 4 is 37.5 Å². The SMILES string of the molecule is COc1ccccc1[C@H](C)NC(=O)CN(c1ccc(Br)cc1)S(=O)(=O)c1ccccc1. The van der Waals surface area contributed by atoms with E-state index >= 15 is 0 Å². The summed E-state index contributed by atoms with van der Waals surface area (Å²) in [6.07, 6.45) is 0. The van der Waals surface area contributed by atoms with Crippen molar-refractivity contribution in [3.8, 4) is 5.75 Å². The third kappa shape index (κ3) is 5.45. The van der Waals surface area contributed by atoms with Gasteiger partial charge in [-0.25, -0.2) is 8.42 Å². The predicted molar refractivity (Wildman–Crippen MR) is 125 cm³/mol. The number of methoxy groups -OCH3 is 1. The Morgan fingerprint density at radius 1 is 1.00 bits per heavy atom. The average molecular weight is 503 g/mol. The van der Waals surface area contributed by atoms with Gasteiger partial charge in [0.25, 0.3) is 10.0 Å². The minimum atomic E-state index is -3.94. The minimum Gasteiger partial charge on any atom is -0.496 e. The van der Waals surface area contributed by atoms with Crippen molar-refractivity contribution in [2.45, 2.75) is 17.9 Å². The summed E-state index contributed by atoms with van der Waals surface area (Å²) >= 11 is 3.35. The van der Waals surface area contributed by atoms with Crippen LogP contribution in [0.2, 0.25) is 0 Å². The number of benzene rings is 3. The summed E-state index contributed by atoms with van der Waals surface area (Å²) in [6.45, 7) is 1.46. The predicted octanol–water partition coefficient (Wildman–Crippen LogP) is 4.53. The van der Waals surface area contributed by atoms with Crippen LogP contribution in [-0.2, 0) is 14.8 Å². The van der Waals surface area contributed by atoms with Gasteiger partial charge in [-0.15, -0.1) is 0 Å². The lowest BCUT2D eigenvalue weighted by atomic mass is 10.1. The molecule has 1 N–H and O–H groups in total. The monoisotopic (exact) mass is 502 g/mol. The van der Waals surface area contributed by atoms with Gasteiger partial charge in [0.05, 0.1) is 23.7 Å². The van der Waals surface area contributed by atoms with E-state index < -0.39 is 15.9 Å². The minimum absolute atomic E-state index is 0.114. The van der Waals surface area contributed by atoms with Gasteiger partial charge in [0.1, 0.15) is 12.3 Å². The molecular formula is C23H23BrN2O4S. The van der Waals surface area contributed by atoms with Crippen LogP contribution in [0.4, 0.5) is 5.69 Å². The average Bonchev–Trinajstić information content (AvgIpc) is 2.78. The molecule has 0 aliphatic heterocycles. The Bertz CT molecular complexity index is 1140. The summed E-state index contributed by atoms with van der Waals surface area (Å²) in [7, 11) is -2.38. The molecular weight excluding hydrogens is 480 g/mol. The van der Waals surface area contributed by atoms with Crippen LogP contribution in [0.15, 0.2) is 88.2 Å². The molecule has 6 nitrogen and oxygen atoms in total. The van der Waals surface area contributed by atoms with E-state index in [0.717, 1.165) is 14.3 Å². The molecule has 1 atom stereocenters. The summed E-state index contributed by atoms with van der Waals surface area (Å²) in [4.78, 5) is 13.0. The number of hydrogen-bond donors (Lipinski definition) is 1. The summed E-state index contributed by atoms with van der Waals surface area (Å²) in [5.74, 6) is 0.220. The molecule has 0 saturated carbocycles. The van der Waals surface area contributed by atoms with Crippen LogP contribution < -0.4 is 14.4 Å². The highest BCUT2D eigenvalue weighted by atomic mass is 79.9. The van der Waals surface area contributed by atoms with Gasteiger partial charge < -0.3 is 10.1 Å². The molecule has 3 aromatic rings. The fourth-order valence-electron chi connectivity index (χ4n) is 3.16. The normalized spacial score (nSPS) is 12.1. The van der Waals surface area contributed by atoms with Crippen molar-refractivity contribution in [1.29, 1.82) is 0 Å². The van der Waals surface area contributed by atoms with Crippen LogP contribution in [0.25, 0.3) is 0 Å².